The SMILES string of the molecule is CC(C)C[C@@H](NC(=O)[C@@H](Cc1ccccc1)NC(=O)[C@H](N)Cc1ccccc1)C(=O)N[C@H](CCCN)C(=O)N1CCN[C@@H](C(=O)O)C1. The van der Waals surface area contributed by atoms with Gasteiger partial charge in [-0.3, -0.25) is 24.0 Å². The summed E-state index contributed by atoms with van der Waals surface area (Å²) in [6.07, 6.45) is 1.41. The van der Waals surface area contributed by atoms with E-state index in [1.54, 1.807) is 0 Å². The molecule has 1 heterocycles. The first-order chi connectivity index (χ1) is 22.5. The van der Waals surface area contributed by atoms with Gasteiger partial charge in [0.05, 0.1) is 6.04 Å². The quantitative estimate of drug-likeness (QED) is 0.122. The molecule has 256 valence electrons. The summed E-state index contributed by atoms with van der Waals surface area (Å²) in [4.78, 5) is 67.2. The molecule has 1 saturated heterocycles. The molecule has 1 fully saturated rings. The molecule has 1 aliphatic rings. The highest BCUT2D eigenvalue weighted by atomic mass is 16.4. The van der Waals surface area contributed by atoms with Gasteiger partial charge in [-0.15, -0.1) is 0 Å². The molecule has 0 aromatic heterocycles. The Morgan fingerprint density at radius 1 is 0.851 bits per heavy atom. The summed E-state index contributed by atoms with van der Waals surface area (Å²) < 4.78 is 0. The average molecular weight is 652 g/mol. The van der Waals surface area contributed by atoms with Crippen molar-refractivity contribution in [3.8, 4) is 0 Å². The van der Waals surface area contributed by atoms with Gasteiger partial charge < -0.3 is 42.7 Å². The number of amides is 4. The van der Waals surface area contributed by atoms with Crippen LogP contribution in [-0.4, -0.2) is 96.0 Å². The van der Waals surface area contributed by atoms with Crippen molar-refractivity contribution in [1.82, 2.24) is 26.2 Å². The number of nitrogens with one attached hydrogen (secondary N) is 4. The van der Waals surface area contributed by atoms with E-state index in [0.717, 1.165) is 11.1 Å². The molecule has 1 aliphatic heterocycles. The second-order valence-corrected chi connectivity index (χ2v) is 12.4. The number of carboxylic acid groups (broad SMARTS) is 1. The molecule has 47 heavy (non-hydrogen) atoms. The Kier molecular flexibility index (Phi) is 14.8. The van der Waals surface area contributed by atoms with Crippen molar-refractivity contribution < 1.29 is 29.1 Å². The smallest absolute Gasteiger partial charge is 0.322 e. The Labute approximate surface area is 276 Å². The van der Waals surface area contributed by atoms with Gasteiger partial charge in [0.25, 0.3) is 0 Å². The van der Waals surface area contributed by atoms with Crippen molar-refractivity contribution in [2.45, 2.75) is 76.2 Å². The van der Waals surface area contributed by atoms with Crippen molar-refractivity contribution in [3.63, 3.8) is 0 Å². The van der Waals surface area contributed by atoms with Gasteiger partial charge in [-0.25, -0.2) is 0 Å². The van der Waals surface area contributed by atoms with Crippen LogP contribution in [0.25, 0.3) is 0 Å². The van der Waals surface area contributed by atoms with E-state index in [1.165, 1.54) is 4.90 Å². The van der Waals surface area contributed by atoms with Crippen LogP contribution in [0.15, 0.2) is 60.7 Å². The molecular formula is C34H49N7O6. The van der Waals surface area contributed by atoms with E-state index in [0.29, 0.717) is 19.5 Å². The zero-order chi connectivity index (χ0) is 34.3. The third kappa shape index (κ3) is 12.1. The lowest BCUT2D eigenvalue weighted by molar-refractivity contribution is -0.144. The fourth-order valence-corrected chi connectivity index (χ4v) is 5.46. The van der Waals surface area contributed by atoms with E-state index >= 15 is 0 Å². The highest BCUT2D eigenvalue weighted by Crippen LogP contribution is 2.12. The molecule has 0 bridgehead atoms. The molecule has 2 aromatic carbocycles. The molecule has 0 aliphatic carbocycles. The lowest BCUT2D eigenvalue weighted by atomic mass is 9.99. The molecule has 0 saturated carbocycles. The van der Waals surface area contributed by atoms with E-state index in [4.69, 9.17) is 11.5 Å². The standard InChI is InChI=1S/C34H49N7O6/c1-22(2)18-27(31(43)38-26(14-9-15-35)33(45)41-17-16-37-29(21-41)34(46)47)40-32(44)28(20-24-12-7-4-8-13-24)39-30(42)25(36)19-23-10-5-3-6-11-23/h3-8,10-13,22,25-29,37H,9,14-21,35-36H2,1-2H3,(H,38,43)(H,39,42)(H,40,44)(H,46,47)/t25-,26-,27-,28-,29-/m1/s1. The van der Waals surface area contributed by atoms with Crippen LogP contribution in [0.3, 0.4) is 0 Å². The second kappa shape index (κ2) is 18.7. The predicted octanol–water partition coefficient (Wildman–Crippen LogP) is -0.0765. The lowest BCUT2D eigenvalue weighted by Gasteiger charge is -2.34. The van der Waals surface area contributed by atoms with Gasteiger partial charge in [0.2, 0.25) is 23.6 Å². The zero-order valence-electron chi connectivity index (χ0n) is 27.2. The molecule has 5 atom stereocenters. The minimum absolute atomic E-state index is 0.00445. The maximum absolute atomic E-state index is 13.8. The van der Waals surface area contributed by atoms with E-state index in [9.17, 15) is 29.1 Å². The maximum Gasteiger partial charge on any atom is 0.322 e. The first kappa shape index (κ1) is 37.1. The van der Waals surface area contributed by atoms with Gasteiger partial charge in [-0.2, -0.15) is 0 Å². The number of nitrogens with zero attached hydrogens (tertiary/aromatic N) is 1. The van der Waals surface area contributed by atoms with Crippen LogP contribution in [0, 0.1) is 5.92 Å². The Balaban J connectivity index is 1.77. The fourth-order valence-electron chi connectivity index (χ4n) is 5.46. The summed E-state index contributed by atoms with van der Waals surface area (Å²) in [5.41, 5.74) is 13.6. The van der Waals surface area contributed by atoms with Crippen LogP contribution in [-0.2, 0) is 36.8 Å². The number of hydrogen-bond donors (Lipinski definition) is 7. The number of benzene rings is 2. The molecule has 0 radical (unpaired) electrons. The minimum atomic E-state index is -1.07. The van der Waals surface area contributed by atoms with Gasteiger partial charge in [-0.05, 0) is 49.3 Å². The highest BCUT2D eigenvalue weighted by molar-refractivity contribution is 5.95. The largest absolute Gasteiger partial charge is 0.480 e. The van der Waals surface area contributed by atoms with Crippen LogP contribution in [0.2, 0.25) is 0 Å². The zero-order valence-corrected chi connectivity index (χ0v) is 27.2. The molecule has 13 heteroatoms. The molecule has 13 nitrogen and oxygen atoms in total. The van der Waals surface area contributed by atoms with Crippen LogP contribution in [0.4, 0.5) is 0 Å². The van der Waals surface area contributed by atoms with Crippen molar-refractivity contribution in [3.05, 3.63) is 71.8 Å². The maximum atomic E-state index is 13.8. The number of carbonyl (C=O) groups is 5. The number of rotatable bonds is 17. The molecule has 9 N–H and O–H groups in total. The third-order valence-electron chi connectivity index (χ3n) is 7.99. The van der Waals surface area contributed by atoms with Gasteiger partial charge in [0.1, 0.15) is 24.2 Å². The van der Waals surface area contributed by atoms with Crippen molar-refractivity contribution in [2.75, 3.05) is 26.2 Å². The van der Waals surface area contributed by atoms with Crippen molar-refractivity contribution in [2.24, 2.45) is 17.4 Å². The first-order valence-electron chi connectivity index (χ1n) is 16.2. The molecule has 2 aromatic rings. The van der Waals surface area contributed by atoms with Crippen LogP contribution >= 0.6 is 0 Å². The molecule has 4 amide bonds. The van der Waals surface area contributed by atoms with E-state index < -0.39 is 59.8 Å². The first-order valence-corrected chi connectivity index (χ1v) is 16.2. The van der Waals surface area contributed by atoms with Crippen molar-refractivity contribution >= 4 is 29.6 Å². The number of hydrogen-bond acceptors (Lipinski definition) is 8. The average Bonchev–Trinajstić information content (AvgIpc) is 3.06. The Bertz CT molecular complexity index is 1330. The number of aliphatic carboxylic acids is 1. The number of carboxylic acids is 1. The number of carbonyl (C=O) groups excluding carboxylic acids is 4. The monoisotopic (exact) mass is 651 g/mol. The summed E-state index contributed by atoms with van der Waals surface area (Å²) >= 11 is 0. The Hall–Kier alpha value is -4.33. The summed E-state index contributed by atoms with van der Waals surface area (Å²) in [7, 11) is 0. The molecule has 3 rings (SSSR count). The normalized spacial score (nSPS) is 17.2. The van der Waals surface area contributed by atoms with E-state index in [2.05, 4.69) is 21.3 Å². The van der Waals surface area contributed by atoms with Crippen LogP contribution < -0.4 is 32.7 Å². The van der Waals surface area contributed by atoms with E-state index in [1.807, 2.05) is 74.5 Å². The molecular weight excluding hydrogens is 602 g/mol. The van der Waals surface area contributed by atoms with Crippen molar-refractivity contribution in [1.29, 1.82) is 0 Å². The van der Waals surface area contributed by atoms with Gasteiger partial charge in [0.15, 0.2) is 0 Å². The fraction of sp³-hybridized carbons (Fsp3) is 0.500. The van der Waals surface area contributed by atoms with Gasteiger partial charge >= 0.3 is 5.97 Å². The molecule has 0 unspecified atom stereocenters. The van der Waals surface area contributed by atoms with Crippen LogP contribution in [0.1, 0.15) is 44.2 Å². The lowest BCUT2D eigenvalue weighted by Crippen LogP contribution is -2.61. The Morgan fingerprint density at radius 3 is 1.98 bits per heavy atom. The number of nitrogens with two attached hydrogens (primary N) is 2. The predicted molar refractivity (Wildman–Crippen MR) is 178 cm³/mol. The summed E-state index contributed by atoms with van der Waals surface area (Å²) in [6.45, 7) is 4.65. The minimum Gasteiger partial charge on any atom is -0.480 e. The number of piperazine rings is 1. The topological polar surface area (TPSA) is 209 Å². The van der Waals surface area contributed by atoms with Gasteiger partial charge in [0, 0.05) is 26.1 Å². The van der Waals surface area contributed by atoms with Gasteiger partial charge in [-0.1, -0.05) is 74.5 Å². The highest BCUT2D eigenvalue weighted by Gasteiger charge is 2.34. The summed E-state index contributed by atoms with van der Waals surface area (Å²) in [5.74, 6) is -3.10. The van der Waals surface area contributed by atoms with Crippen LogP contribution in [0.5, 0.6) is 0 Å². The van der Waals surface area contributed by atoms with E-state index in [-0.39, 0.29) is 44.7 Å². The molecule has 0 spiro atoms. The Morgan fingerprint density at radius 2 is 1.40 bits per heavy atom. The second-order valence-electron chi connectivity index (χ2n) is 12.4. The third-order valence-corrected chi connectivity index (χ3v) is 7.99. The summed E-state index contributed by atoms with van der Waals surface area (Å²) in [5, 5.41) is 20.7. The summed E-state index contributed by atoms with van der Waals surface area (Å²) in [6, 6.07) is 13.7.